The van der Waals surface area contributed by atoms with E-state index >= 15 is 0 Å². The van der Waals surface area contributed by atoms with E-state index in [0.29, 0.717) is 10.6 Å². The highest BCUT2D eigenvalue weighted by Gasteiger charge is 2.15. The lowest BCUT2D eigenvalue weighted by atomic mass is 10.0. The van der Waals surface area contributed by atoms with Gasteiger partial charge >= 0.3 is 0 Å². The van der Waals surface area contributed by atoms with Gasteiger partial charge in [-0.15, -0.1) is 0 Å². The van der Waals surface area contributed by atoms with Crippen LogP contribution in [-0.4, -0.2) is 29.1 Å². The van der Waals surface area contributed by atoms with Crippen molar-refractivity contribution in [1.29, 1.82) is 0 Å². The third kappa shape index (κ3) is 4.50. The van der Waals surface area contributed by atoms with Gasteiger partial charge in [0.25, 0.3) is 0 Å². The molecule has 5 rings (SSSR count). The summed E-state index contributed by atoms with van der Waals surface area (Å²) in [4.78, 5) is 18.0. The second-order valence-electron chi connectivity index (χ2n) is 8.24. The van der Waals surface area contributed by atoms with Crippen molar-refractivity contribution in [2.75, 3.05) is 0 Å². The van der Waals surface area contributed by atoms with Crippen molar-refractivity contribution in [2.45, 2.75) is 6.92 Å². The van der Waals surface area contributed by atoms with E-state index in [1.54, 1.807) is 12.4 Å². The van der Waals surface area contributed by atoms with Gasteiger partial charge in [-0.1, -0.05) is 42.5 Å². The first-order chi connectivity index (χ1) is 16.9. The van der Waals surface area contributed by atoms with E-state index in [2.05, 4.69) is 46.4 Å². The Bertz CT molecular complexity index is 1550. The van der Waals surface area contributed by atoms with Crippen LogP contribution >= 0.6 is 23.2 Å². The maximum absolute atomic E-state index is 6.18. The van der Waals surface area contributed by atoms with Crippen LogP contribution in [-0.2, 0) is 14.1 Å². The molecule has 0 N–H and O–H groups in total. The minimum Gasteiger partial charge on any atom is -0.318 e. The zero-order valence-electron chi connectivity index (χ0n) is 19.4. The summed E-state index contributed by atoms with van der Waals surface area (Å²) in [6.07, 6.45) is 11.3. The first-order valence-electron chi connectivity index (χ1n) is 11.0. The summed E-state index contributed by atoms with van der Waals surface area (Å²) in [5.41, 5.74) is 8.32. The second-order valence-corrected chi connectivity index (χ2v) is 8.91. The fraction of sp³-hybridized carbons (Fsp3) is 0.111. The largest absolute Gasteiger partial charge is 0.318 e. The van der Waals surface area contributed by atoms with Gasteiger partial charge in [0.2, 0.25) is 10.6 Å². The van der Waals surface area contributed by atoms with Crippen LogP contribution in [0.5, 0.6) is 0 Å². The second kappa shape index (κ2) is 9.49. The molecule has 0 radical (unpaired) electrons. The highest BCUT2D eigenvalue weighted by Crippen LogP contribution is 2.31. The fourth-order valence-corrected chi connectivity index (χ4v) is 4.25. The van der Waals surface area contributed by atoms with Gasteiger partial charge in [-0.3, -0.25) is 9.97 Å². The molecule has 1 aromatic carbocycles. The van der Waals surface area contributed by atoms with E-state index in [0.717, 1.165) is 50.6 Å². The fourth-order valence-electron chi connectivity index (χ4n) is 3.97. The molecule has 0 fully saturated rings. The van der Waals surface area contributed by atoms with Crippen LogP contribution in [0.1, 0.15) is 16.7 Å². The van der Waals surface area contributed by atoms with Gasteiger partial charge in [0.1, 0.15) is 0 Å². The molecule has 35 heavy (non-hydrogen) atoms. The van der Waals surface area contributed by atoms with Gasteiger partial charge in [0.15, 0.2) is 0 Å². The zero-order valence-corrected chi connectivity index (χ0v) is 21.0. The van der Waals surface area contributed by atoms with E-state index in [1.807, 2.05) is 60.7 Å². The highest BCUT2D eigenvalue weighted by molar-refractivity contribution is 6.29. The molecule has 0 spiro atoms. The van der Waals surface area contributed by atoms with Crippen LogP contribution in [0.3, 0.4) is 0 Å². The zero-order chi connectivity index (χ0) is 24.5. The van der Waals surface area contributed by atoms with Gasteiger partial charge in [-0.25, -0.2) is 9.97 Å². The molecule has 0 bridgehead atoms. The monoisotopic (exact) mass is 500 g/mol. The summed E-state index contributed by atoms with van der Waals surface area (Å²) in [5, 5.41) is 0.849. The van der Waals surface area contributed by atoms with Gasteiger partial charge < -0.3 is 9.13 Å². The summed E-state index contributed by atoms with van der Waals surface area (Å²) in [6, 6.07) is 14.3. The average molecular weight is 501 g/mol. The van der Waals surface area contributed by atoms with Crippen molar-refractivity contribution in [3.8, 4) is 33.9 Å². The molecule has 0 saturated heterocycles. The van der Waals surface area contributed by atoms with Crippen molar-refractivity contribution >= 4 is 35.4 Å². The molecule has 0 saturated carbocycles. The minimum atomic E-state index is 0.422. The number of hydrogen-bond acceptors (Lipinski definition) is 4. The molecule has 4 heterocycles. The van der Waals surface area contributed by atoms with E-state index in [1.165, 1.54) is 0 Å². The molecule has 0 atom stereocenters. The van der Waals surface area contributed by atoms with Gasteiger partial charge in [0.05, 0.1) is 35.2 Å². The molecule has 4 aromatic heterocycles. The number of aromatic nitrogens is 6. The molecule has 5 aromatic rings. The normalized spacial score (nSPS) is 11.5. The molecule has 0 amide bonds. The van der Waals surface area contributed by atoms with E-state index < -0.39 is 0 Å². The summed E-state index contributed by atoms with van der Waals surface area (Å²) < 4.78 is 3.65. The Hall–Kier alpha value is -3.74. The molecule has 0 aliphatic carbocycles. The Kier molecular flexibility index (Phi) is 6.24. The summed E-state index contributed by atoms with van der Waals surface area (Å²) in [5.74, 6) is 0. The molecular weight excluding hydrogens is 479 g/mol. The molecule has 6 nitrogen and oxygen atoms in total. The number of rotatable bonds is 5. The number of halogens is 2. The van der Waals surface area contributed by atoms with Crippen LogP contribution < -0.4 is 0 Å². The van der Waals surface area contributed by atoms with Crippen molar-refractivity contribution in [3.63, 3.8) is 0 Å². The third-order valence-electron chi connectivity index (χ3n) is 5.93. The third-order valence-corrected chi connectivity index (χ3v) is 6.63. The lowest BCUT2D eigenvalue weighted by Crippen LogP contribution is -1.98. The average Bonchev–Trinajstić information content (AvgIpc) is 3.38. The van der Waals surface area contributed by atoms with E-state index in [4.69, 9.17) is 33.2 Å². The van der Waals surface area contributed by atoms with Gasteiger partial charge in [0, 0.05) is 43.2 Å². The Morgan fingerprint density at radius 3 is 1.94 bits per heavy atom. The van der Waals surface area contributed by atoms with Crippen molar-refractivity contribution < 1.29 is 0 Å². The number of nitrogens with zero attached hydrogens (tertiary/aromatic N) is 6. The van der Waals surface area contributed by atoms with Crippen molar-refractivity contribution in [1.82, 2.24) is 29.1 Å². The predicted molar refractivity (Wildman–Crippen MR) is 142 cm³/mol. The van der Waals surface area contributed by atoms with Crippen molar-refractivity contribution in [3.05, 3.63) is 94.5 Å². The SMILES string of the molecule is Cc1cc(-c2ncc(-c3cnc(Cl)n3C)cc2C=Cc2ccccc2)cnc1-c1cnc(Cl)n1C. The van der Waals surface area contributed by atoms with E-state index in [-0.39, 0.29) is 0 Å². The first kappa shape index (κ1) is 23.0. The van der Waals surface area contributed by atoms with Crippen LogP contribution in [0, 0.1) is 6.92 Å². The van der Waals surface area contributed by atoms with Gasteiger partial charge in [-0.2, -0.15) is 0 Å². The Morgan fingerprint density at radius 2 is 1.31 bits per heavy atom. The number of pyridine rings is 2. The number of benzene rings is 1. The van der Waals surface area contributed by atoms with Crippen LogP contribution in [0.25, 0.3) is 46.1 Å². The molecule has 0 aliphatic rings. The van der Waals surface area contributed by atoms with Crippen LogP contribution in [0.4, 0.5) is 0 Å². The van der Waals surface area contributed by atoms with Crippen LogP contribution in [0.15, 0.2) is 67.3 Å². The minimum absolute atomic E-state index is 0.422. The van der Waals surface area contributed by atoms with Crippen LogP contribution in [0.2, 0.25) is 10.6 Å². The first-order valence-corrected chi connectivity index (χ1v) is 11.7. The van der Waals surface area contributed by atoms with E-state index in [9.17, 15) is 0 Å². The number of aryl methyl sites for hydroxylation is 1. The number of hydrogen-bond donors (Lipinski definition) is 0. The quantitative estimate of drug-likeness (QED) is 0.268. The Balaban J connectivity index is 1.61. The molecule has 0 aliphatic heterocycles. The summed E-state index contributed by atoms with van der Waals surface area (Å²) >= 11 is 12.3. The lowest BCUT2D eigenvalue weighted by molar-refractivity contribution is 0.916. The Labute approximate surface area is 213 Å². The molecular formula is C27H22Cl2N6. The maximum atomic E-state index is 6.18. The summed E-state index contributed by atoms with van der Waals surface area (Å²) in [6.45, 7) is 2.03. The lowest BCUT2D eigenvalue weighted by Gasteiger charge is -2.12. The molecule has 0 unspecified atom stereocenters. The van der Waals surface area contributed by atoms with Crippen molar-refractivity contribution in [2.24, 2.45) is 14.1 Å². The smallest absolute Gasteiger partial charge is 0.202 e. The summed E-state index contributed by atoms with van der Waals surface area (Å²) in [7, 11) is 3.76. The maximum Gasteiger partial charge on any atom is 0.202 e. The molecule has 174 valence electrons. The highest BCUT2D eigenvalue weighted by atomic mass is 35.5. The predicted octanol–water partition coefficient (Wildman–Crippen LogP) is 6.73. The Morgan fingerprint density at radius 1 is 0.686 bits per heavy atom. The van der Waals surface area contributed by atoms with Gasteiger partial charge in [-0.05, 0) is 53.4 Å². The standard InChI is InChI=1S/C27H22Cl2N6/c1-17-11-21(14-30-24(17)23-16-33-27(29)35(23)3)25-19(10-9-18-7-5-4-6-8-18)12-20(13-31-25)22-15-32-26(28)34(22)2/h4-16H,1-3H3. The number of imidazole rings is 2. The topological polar surface area (TPSA) is 61.4 Å². The molecule has 8 heteroatoms.